The predicted molar refractivity (Wildman–Crippen MR) is 154 cm³/mol. The van der Waals surface area contributed by atoms with Gasteiger partial charge in [0.1, 0.15) is 11.5 Å². The van der Waals surface area contributed by atoms with Crippen molar-refractivity contribution in [2.24, 2.45) is 0 Å². The molecule has 0 heterocycles. The van der Waals surface area contributed by atoms with E-state index >= 15 is 0 Å². The van der Waals surface area contributed by atoms with Crippen molar-refractivity contribution in [3.8, 4) is 36.2 Å². The van der Waals surface area contributed by atoms with Crippen LogP contribution in [0.15, 0.2) is 60.7 Å². The van der Waals surface area contributed by atoms with Gasteiger partial charge in [0.25, 0.3) is 0 Å². The van der Waals surface area contributed by atoms with Gasteiger partial charge in [-0.15, -0.1) is 12.8 Å². The number of rotatable bonds is 12. The monoisotopic (exact) mass is 474 g/mol. The summed E-state index contributed by atoms with van der Waals surface area (Å²) < 4.78 is 12.4. The highest BCUT2D eigenvalue weighted by Crippen LogP contribution is 2.32. The number of unbranched alkanes of at least 4 members (excludes halogenated alkanes) is 2. The predicted octanol–water partition coefficient (Wildman–Crippen LogP) is 8.35. The fourth-order valence-corrected chi connectivity index (χ4v) is 3.51. The molecular formula is C34H34O2. The maximum Gasteiger partial charge on any atom is 0.127 e. The molecule has 0 fully saturated rings. The smallest absolute Gasteiger partial charge is 0.127 e. The Morgan fingerprint density at radius 3 is 1.33 bits per heavy atom. The summed E-state index contributed by atoms with van der Waals surface area (Å²) in [5.74, 6) is 6.99. The first-order valence-corrected chi connectivity index (χ1v) is 12.6. The Morgan fingerprint density at radius 2 is 1.00 bits per heavy atom. The molecule has 2 nitrogen and oxygen atoms in total. The van der Waals surface area contributed by atoms with Crippen molar-refractivity contribution < 1.29 is 9.47 Å². The molecule has 0 amide bonds. The van der Waals surface area contributed by atoms with Gasteiger partial charge in [-0.3, -0.25) is 0 Å². The molecule has 3 aromatic carbocycles. The van der Waals surface area contributed by atoms with Crippen LogP contribution in [0.25, 0.3) is 24.3 Å². The van der Waals surface area contributed by atoms with E-state index in [2.05, 4.69) is 62.1 Å². The van der Waals surface area contributed by atoms with Crippen LogP contribution in [0.1, 0.15) is 72.9 Å². The highest BCUT2D eigenvalue weighted by Gasteiger charge is 2.10. The maximum atomic E-state index is 6.22. The molecule has 0 radical (unpaired) electrons. The van der Waals surface area contributed by atoms with Crippen LogP contribution in [-0.4, -0.2) is 13.2 Å². The molecule has 0 aliphatic carbocycles. The Morgan fingerprint density at radius 1 is 0.611 bits per heavy atom. The second-order valence-electron chi connectivity index (χ2n) is 8.53. The van der Waals surface area contributed by atoms with Crippen LogP contribution in [0.4, 0.5) is 0 Å². The molecule has 0 spiro atoms. The van der Waals surface area contributed by atoms with E-state index in [-0.39, 0.29) is 0 Å². The van der Waals surface area contributed by atoms with E-state index in [1.54, 1.807) is 0 Å². The van der Waals surface area contributed by atoms with Gasteiger partial charge in [0.15, 0.2) is 0 Å². The topological polar surface area (TPSA) is 18.5 Å². The summed E-state index contributed by atoms with van der Waals surface area (Å²) in [5, 5.41) is 0. The second-order valence-corrected chi connectivity index (χ2v) is 8.53. The number of terminal acetylenes is 2. The average Bonchev–Trinajstić information content (AvgIpc) is 2.92. The molecule has 0 saturated carbocycles. The van der Waals surface area contributed by atoms with Crippen molar-refractivity contribution in [3.63, 3.8) is 0 Å². The molecule has 36 heavy (non-hydrogen) atoms. The fraction of sp³-hybridized carbons (Fsp3) is 0.235. The number of ether oxygens (including phenoxy) is 2. The Kier molecular flexibility index (Phi) is 10.5. The van der Waals surface area contributed by atoms with E-state index in [4.69, 9.17) is 22.3 Å². The Bertz CT molecular complexity index is 1150. The Hall–Kier alpha value is -4.14. The zero-order valence-electron chi connectivity index (χ0n) is 21.3. The zero-order valence-corrected chi connectivity index (χ0v) is 21.3. The van der Waals surface area contributed by atoms with Gasteiger partial charge < -0.3 is 9.47 Å². The third-order valence-electron chi connectivity index (χ3n) is 5.72. The van der Waals surface area contributed by atoms with Gasteiger partial charge in [0, 0.05) is 22.3 Å². The minimum atomic E-state index is 0.668. The largest absolute Gasteiger partial charge is 0.493 e. The molecular weight excluding hydrogens is 440 g/mol. The zero-order chi connectivity index (χ0) is 25.6. The van der Waals surface area contributed by atoms with Crippen LogP contribution in [-0.2, 0) is 0 Å². The lowest BCUT2D eigenvalue weighted by Gasteiger charge is -2.15. The van der Waals surface area contributed by atoms with Crippen LogP contribution in [0.5, 0.6) is 11.5 Å². The molecule has 0 N–H and O–H groups in total. The van der Waals surface area contributed by atoms with E-state index in [0.29, 0.717) is 13.2 Å². The molecule has 0 saturated heterocycles. The molecule has 0 unspecified atom stereocenters. The molecule has 3 aromatic rings. The first kappa shape index (κ1) is 26.5. The first-order valence-electron chi connectivity index (χ1n) is 12.6. The molecule has 0 aromatic heterocycles. The molecule has 0 aliphatic rings. The van der Waals surface area contributed by atoms with E-state index in [0.717, 1.165) is 70.6 Å². The van der Waals surface area contributed by atoms with E-state index < -0.39 is 0 Å². The third kappa shape index (κ3) is 7.97. The molecule has 0 aliphatic heterocycles. The summed E-state index contributed by atoms with van der Waals surface area (Å²) in [6.07, 6.45) is 23.4. The van der Waals surface area contributed by atoms with Crippen molar-refractivity contribution in [2.75, 3.05) is 13.2 Å². The summed E-state index contributed by atoms with van der Waals surface area (Å²) in [5.41, 5.74) is 5.84. The molecule has 182 valence electrons. The lowest BCUT2D eigenvalue weighted by atomic mass is 10.0. The SMILES string of the molecule is C#Cc1ccc(/C=C/c2cc(OCCCC)c(/C=C/c3ccc(C#C)cc3)cc2OCCCC)cc1. The molecule has 2 heteroatoms. The number of benzene rings is 3. The Labute approximate surface area is 216 Å². The van der Waals surface area contributed by atoms with Crippen molar-refractivity contribution in [2.45, 2.75) is 39.5 Å². The van der Waals surface area contributed by atoms with Crippen LogP contribution >= 0.6 is 0 Å². The van der Waals surface area contributed by atoms with Gasteiger partial charge in [-0.25, -0.2) is 0 Å². The summed E-state index contributed by atoms with van der Waals surface area (Å²) >= 11 is 0. The van der Waals surface area contributed by atoms with Gasteiger partial charge >= 0.3 is 0 Å². The third-order valence-corrected chi connectivity index (χ3v) is 5.72. The van der Waals surface area contributed by atoms with Crippen molar-refractivity contribution in [3.05, 3.63) is 94.0 Å². The van der Waals surface area contributed by atoms with Crippen LogP contribution < -0.4 is 9.47 Å². The second kappa shape index (κ2) is 14.3. The van der Waals surface area contributed by atoms with Crippen LogP contribution in [0, 0.1) is 24.7 Å². The quantitative estimate of drug-likeness (QED) is 0.149. The fourth-order valence-electron chi connectivity index (χ4n) is 3.51. The number of hydrogen-bond donors (Lipinski definition) is 0. The summed E-state index contributed by atoms with van der Waals surface area (Å²) in [4.78, 5) is 0. The van der Waals surface area contributed by atoms with Gasteiger partial charge in [-0.2, -0.15) is 0 Å². The van der Waals surface area contributed by atoms with E-state index in [1.165, 1.54) is 0 Å². The molecule has 3 rings (SSSR count). The summed E-state index contributed by atoms with van der Waals surface area (Å²) in [6.45, 7) is 5.66. The number of hydrogen-bond acceptors (Lipinski definition) is 2. The molecule has 0 bridgehead atoms. The van der Waals surface area contributed by atoms with Gasteiger partial charge in [-0.05, 0) is 60.4 Å². The lowest BCUT2D eigenvalue weighted by Crippen LogP contribution is -2.02. The van der Waals surface area contributed by atoms with Gasteiger partial charge in [0.2, 0.25) is 0 Å². The van der Waals surface area contributed by atoms with Crippen LogP contribution in [0.2, 0.25) is 0 Å². The van der Waals surface area contributed by atoms with Crippen molar-refractivity contribution in [1.82, 2.24) is 0 Å². The van der Waals surface area contributed by atoms with Gasteiger partial charge in [0.05, 0.1) is 13.2 Å². The van der Waals surface area contributed by atoms with Gasteiger partial charge in [-0.1, -0.05) is 87.1 Å². The summed E-state index contributed by atoms with van der Waals surface area (Å²) in [6, 6.07) is 20.0. The van der Waals surface area contributed by atoms with Crippen molar-refractivity contribution >= 4 is 24.3 Å². The van der Waals surface area contributed by atoms with Crippen LogP contribution in [0.3, 0.4) is 0 Å². The average molecular weight is 475 g/mol. The first-order chi connectivity index (χ1) is 17.7. The van der Waals surface area contributed by atoms with E-state index in [9.17, 15) is 0 Å². The minimum absolute atomic E-state index is 0.668. The summed E-state index contributed by atoms with van der Waals surface area (Å²) in [7, 11) is 0. The van der Waals surface area contributed by atoms with Crippen molar-refractivity contribution in [1.29, 1.82) is 0 Å². The minimum Gasteiger partial charge on any atom is -0.493 e. The maximum absolute atomic E-state index is 6.22. The lowest BCUT2D eigenvalue weighted by molar-refractivity contribution is 0.300. The standard InChI is InChI=1S/C34H34O2/c1-5-9-23-35-33-25-32(22-20-30-17-13-28(8-4)14-18-30)34(36-24-10-6-2)26-31(33)21-19-29-15-11-27(7-3)12-16-29/h3-4,11-22,25-26H,5-6,9-10,23-24H2,1-2H3/b21-19+,22-20+. The van der Waals surface area contributed by atoms with E-state index in [1.807, 2.05) is 48.5 Å². The highest BCUT2D eigenvalue weighted by atomic mass is 16.5. The Balaban J connectivity index is 1.97. The normalized spacial score (nSPS) is 10.9. The molecule has 0 atom stereocenters. The highest BCUT2D eigenvalue weighted by molar-refractivity contribution is 5.79.